The van der Waals surface area contributed by atoms with Crippen molar-refractivity contribution in [2.24, 2.45) is 5.92 Å². The molecule has 0 radical (unpaired) electrons. The van der Waals surface area contributed by atoms with E-state index in [1.807, 2.05) is 6.92 Å². The summed E-state index contributed by atoms with van der Waals surface area (Å²) in [6.07, 6.45) is 1.07. The van der Waals surface area contributed by atoms with E-state index in [1.54, 1.807) is 18.2 Å². The maximum atomic E-state index is 12.7. The van der Waals surface area contributed by atoms with Gasteiger partial charge in [-0.3, -0.25) is 4.79 Å². The summed E-state index contributed by atoms with van der Waals surface area (Å²) in [5.74, 6) is -1.58. The molecule has 110 valence electrons. The second-order valence-corrected chi connectivity index (χ2v) is 7.68. The SMILES string of the molecule is CC1CCC(C(=O)O)CN1S(=O)(=O)c1ccccc1Br. The summed E-state index contributed by atoms with van der Waals surface area (Å²) >= 11 is 3.24. The third-order valence-corrected chi connectivity index (χ3v) is 6.59. The van der Waals surface area contributed by atoms with Crippen LogP contribution in [-0.4, -0.2) is 36.4 Å². The topological polar surface area (TPSA) is 74.7 Å². The van der Waals surface area contributed by atoms with Crippen LogP contribution in [0.2, 0.25) is 0 Å². The Morgan fingerprint density at radius 2 is 2.00 bits per heavy atom. The molecule has 0 aliphatic carbocycles. The van der Waals surface area contributed by atoms with Gasteiger partial charge in [-0.15, -0.1) is 0 Å². The first-order valence-corrected chi connectivity index (χ1v) is 8.56. The van der Waals surface area contributed by atoms with Gasteiger partial charge in [0.05, 0.1) is 10.8 Å². The zero-order chi connectivity index (χ0) is 14.9. The van der Waals surface area contributed by atoms with Crippen molar-refractivity contribution >= 4 is 31.9 Å². The van der Waals surface area contributed by atoms with Crippen LogP contribution in [0.25, 0.3) is 0 Å². The highest BCUT2D eigenvalue weighted by Crippen LogP contribution is 2.31. The summed E-state index contributed by atoms with van der Waals surface area (Å²) in [6.45, 7) is 1.84. The van der Waals surface area contributed by atoms with Crippen molar-refractivity contribution < 1.29 is 18.3 Å². The third kappa shape index (κ3) is 2.89. The monoisotopic (exact) mass is 361 g/mol. The lowest BCUT2D eigenvalue weighted by Gasteiger charge is -2.35. The third-order valence-electron chi connectivity index (χ3n) is 3.60. The first kappa shape index (κ1) is 15.5. The predicted octanol–water partition coefficient (Wildman–Crippen LogP) is 2.32. The molecular formula is C13H16BrNO4S. The highest BCUT2D eigenvalue weighted by Gasteiger charge is 2.37. The van der Waals surface area contributed by atoms with Crippen LogP contribution in [0.5, 0.6) is 0 Å². The lowest BCUT2D eigenvalue weighted by Crippen LogP contribution is -2.47. The van der Waals surface area contributed by atoms with E-state index in [4.69, 9.17) is 5.11 Å². The fourth-order valence-electron chi connectivity index (χ4n) is 2.39. The normalized spacial score (nSPS) is 24.5. The van der Waals surface area contributed by atoms with Crippen molar-refractivity contribution in [1.82, 2.24) is 4.31 Å². The van der Waals surface area contributed by atoms with E-state index in [0.717, 1.165) is 0 Å². The number of rotatable bonds is 3. The molecule has 1 fully saturated rings. The molecule has 1 aromatic rings. The van der Waals surface area contributed by atoms with Gasteiger partial charge in [-0.25, -0.2) is 8.42 Å². The quantitative estimate of drug-likeness (QED) is 0.896. The van der Waals surface area contributed by atoms with Gasteiger partial charge in [0.2, 0.25) is 10.0 Å². The van der Waals surface area contributed by atoms with Crippen molar-refractivity contribution in [1.29, 1.82) is 0 Å². The molecule has 20 heavy (non-hydrogen) atoms. The minimum absolute atomic E-state index is 0.0279. The molecule has 1 aliphatic rings. The fourth-order valence-corrected chi connectivity index (χ4v) is 5.06. The molecule has 7 heteroatoms. The average Bonchev–Trinajstić information content (AvgIpc) is 2.39. The summed E-state index contributed by atoms with van der Waals surface area (Å²) in [7, 11) is -3.69. The molecule has 2 unspecified atom stereocenters. The van der Waals surface area contributed by atoms with Crippen molar-refractivity contribution in [3.05, 3.63) is 28.7 Å². The predicted molar refractivity (Wildman–Crippen MR) is 77.9 cm³/mol. The van der Waals surface area contributed by atoms with Crippen molar-refractivity contribution in [2.75, 3.05) is 6.54 Å². The van der Waals surface area contributed by atoms with Gasteiger partial charge in [0.1, 0.15) is 0 Å². The van der Waals surface area contributed by atoms with Gasteiger partial charge < -0.3 is 5.11 Å². The zero-order valence-electron chi connectivity index (χ0n) is 11.0. The molecule has 1 heterocycles. The van der Waals surface area contributed by atoms with Gasteiger partial charge in [-0.1, -0.05) is 12.1 Å². The fraction of sp³-hybridized carbons (Fsp3) is 0.462. The summed E-state index contributed by atoms with van der Waals surface area (Å²) in [5.41, 5.74) is 0. The van der Waals surface area contributed by atoms with Crippen LogP contribution >= 0.6 is 15.9 Å². The van der Waals surface area contributed by atoms with E-state index < -0.39 is 21.9 Å². The second kappa shape index (κ2) is 5.83. The Labute approximate surface area is 126 Å². The maximum absolute atomic E-state index is 12.7. The van der Waals surface area contributed by atoms with E-state index in [-0.39, 0.29) is 17.5 Å². The average molecular weight is 362 g/mol. The van der Waals surface area contributed by atoms with Crippen LogP contribution in [0.15, 0.2) is 33.6 Å². The number of benzene rings is 1. The maximum Gasteiger partial charge on any atom is 0.307 e. The molecule has 0 spiro atoms. The Bertz CT molecular complexity index is 617. The number of halogens is 1. The standard InChI is InChI=1S/C13H16BrNO4S/c1-9-6-7-10(13(16)17)8-15(9)20(18,19)12-5-3-2-4-11(12)14/h2-5,9-10H,6-8H2,1H3,(H,16,17). The number of carbonyl (C=O) groups is 1. The summed E-state index contributed by atoms with van der Waals surface area (Å²) in [4.78, 5) is 11.3. The molecule has 0 bridgehead atoms. The summed E-state index contributed by atoms with van der Waals surface area (Å²) in [5, 5.41) is 9.10. The summed E-state index contributed by atoms with van der Waals surface area (Å²) < 4.78 is 27.2. The number of hydrogen-bond acceptors (Lipinski definition) is 3. The first-order valence-electron chi connectivity index (χ1n) is 6.33. The van der Waals surface area contributed by atoms with E-state index in [0.29, 0.717) is 17.3 Å². The molecule has 1 aliphatic heterocycles. The van der Waals surface area contributed by atoms with Crippen LogP contribution in [0.3, 0.4) is 0 Å². The van der Waals surface area contributed by atoms with Crippen molar-refractivity contribution in [3.8, 4) is 0 Å². The molecule has 5 nitrogen and oxygen atoms in total. The first-order chi connectivity index (χ1) is 9.34. The van der Waals surface area contributed by atoms with Gasteiger partial charge >= 0.3 is 5.97 Å². The van der Waals surface area contributed by atoms with E-state index >= 15 is 0 Å². The molecular weight excluding hydrogens is 346 g/mol. The second-order valence-electron chi connectivity index (χ2n) is 4.97. The Balaban J connectivity index is 2.37. The van der Waals surface area contributed by atoms with Crippen molar-refractivity contribution in [3.63, 3.8) is 0 Å². The minimum atomic E-state index is -3.69. The van der Waals surface area contributed by atoms with Crippen LogP contribution in [0.4, 0.5) is 0 Å². The van der Waals surface area contributed by atoms with Crippen LogP contribution in [-0.2, 0) is 14.8 Å². The Morgan fingerprint density at radius 1 is 1.35 bits per heavy atom. The van der Waals surface area contributed by atoms with Crippen molar-refractivity contribution in [2.45, 2.75) is 30.7 Å². The van der Waals surface area contributed by atoms with E-state index in [9.17, 15) is 13.2 Å². The number of nitrogens with zero attached hydrogens (tertiary/aromatic N) is 1. The van der Waals surface area contributed by atoms with Crippen LogP contribution in [0, 0.1) is 5.92 Å². The number of sulfonamides is 1. The highest BCUT2D eigenvalue weighted by atomic mass is 79.9. The molecule has 1 saturated heterocycles. The number of piperidine rings is 1. The number of carboxylic acids is 1. The number of aliphatic carboxylic acids is 1. The van der Waals surface area contributed by atoms with Gasteiger partial charge in [0.15, 0.2) is 0 Å². The van der Waals surface area contributed by atoms with Crippen LogP contribution in [0.1, 0.15) is 19.8 Å². The highest BCUT2D eigenvalue weighted by molar-refractivity contribution is 9.10. The lowest BCUT2D eigenvalue weighted by molar-refractivity contribution is -0.143. The Hall–Kier alpha value is -0.920. The number of carboxylic acid groups (broad SMARTS) is 1. The van der Waals surface area contributed by atoms with Gasteiger partial charge in [0.25, 0.3) is 0 Å². The molecule has 0 aromatic heterocycles. The molecule has 1 N–H and O–H groups in total. The van der Waals surface area contributed by atoms with Gasteiger partial charge in [0, 0.05) is 17.1 Å². The van der Waals surface area contributed by atoms with Gasteiger partial charge in [-0.05, 0) is 47.8 Å². The largest absolute Gasteiger partial charge is 0.481 e. The molecule has 0 amide bonds. The van der Waals surface area contributed by atoms with E-state index in [1.165, 1.54) is 10.4 Å². The minimum Gasteiger partial charge on any atom is -0.481 e. The molecule has 2 atom stereocenters. The van der Waals surface area contributed by atoms with Gasteiger partial charge in [-0.2, -0.15) is 4.31 Å². The Morgan fingerprint density at radius 3 is 2.60 bits per heavy atom. The molecule has 2 rings (SSSR count). The smallest absolute Gasteiger partial charge is 0.307 e. The molecule has 0 saturated carbocycles. The van der Waals surface area contributed by atoms with E-state index in [2.05, 4.69) is 15.9 Å². The Kier molecular flexibility index (Phi) is 4.51. The molecule has 1 aromatic carbocycles. The summed E-state index contributed by atoms with van der Waals surface area (Å²) in [6, 6.07) is 6.39. The van der Waals surface area contributed by atoms with Crippen LogP contribution < -0.4 is 0 Å². The number of hydrogen-bond donors (Lipinski definition) is 1. The zero-order valence-corrected chi connectivity index (χ0v) is 13.4. The lowest BCUT2D eigenvalue weighted by atomic mass is 9.96.